The summed E-state index contributed by atoms with van der Waals surface area (Å²) in [5.41, 5.74) is 0. The monoisotopic (exact) mass is 245 g/mol. The van der Waals surface area contributed by atoms with Crippen LogP contribution in [0.3, 0.4) is 0 Å². The smallest absolute Gasteiger partial charge is 0.480 e. The number of nitrogens with zero attached hydrogens (tertiary/aromatic N) is 1. The van der Waals surface area contributed by atoms with Crippen molar-refractivity contribution in [1.82, 2.24) is 4.90 Å². The second kappa shape index (κ2) is 7.91. The highest BCUT2D eigenvalue weighted by Gasteiger charge is 2.38. The molecule has 0 aliphatic carbocycles. The minimum Gasteiger partial charge on any atom is -0.480 e. The Bertz CT molecular complexity index is 226. The average molecular weight is 245 g/mol. The van der Waals surface area contributed by atoms with E-state index in [-0.39, 0.29) is 6.54 Å². The van der Waals surface area contributed by atoms with Gasteiger partial charge in [-0.1, -0.05) is 13.8 Å². The standard InChI is InChI=1S/C6H13NO2.C2HF3O2/c1-3-7(4-2)5-6(8)9;3-2(4,5)1(6)7/h3-5H2,1-2H3,(H,8,9);(H,6,7). The van der Waals surface area contributed by atoms with Gasteiger partial charge in [-0.3, -0.25) is 9.69 Å². The van der Waals surface area contributed by atoms with Gasteiger partial charge in [0.1, 0.15) is 0 Å². The van der Waals surface area contributed by atoms with Gasteiger partial charge < -0.3 is 10.2 Å². The van der Waals surface area contributed by atoms with Gasteiger partial charge >= 0.3 is 18.1 Å². The van der Waals surface area contributed by atoms with Crippen molar-refractivity contribution < 1.29 is 33.0 Å². The number of carboxylic acids is 2. The lowest BCUT2D eigenvalue weighted by Gasteiger charge is -2.13. The summed E-state index contributed by atoms with van der Waals surface area (Å²) in [5.74, 6) is -3.51. The van der Waals surface area contributed by atoms with Crippen molar-refractivity contribution in [2.75, 3.05) is 19.6 Å². The van der Waals surface area contributed by atoms with E-state index in [0.717, 1.165) is 13.1 Å². The van der Waals surface area contributed by atoms with Crippen LogP contribution < -0.4 is 0 Å². The maximum Gasteiger partial charge on any atom is 0.490 e. The van der Waals surface area contributed by atoms with Crippen LogP contribution in [-0.2, 0) is 9.59 Å². The lowest BCUT2D eigenvalue weighted by molar-refractivity contribution is -0.192. The maximum absolute atomic E-state index is 10.6. The van der Waals surface area contributed by atoms with Crippen LogP contribution in [-0.4, -0.2) is 52.9 Å². The van der Waals surface area contributed by atoms with Crippen molar-refractivity contribution in [2.45, 2.75) is 20.0 Å². The topological polar surface area (TPSA) is 77.8 Å². The SMILES string of the molecule is CCN(CC)CC(=O)O.O=C(O)C(F)(F)F. The van der Waals surface area contributed by atoms with E-state index in [4.69, 9.17) is 15.0 Å². The Kier molecular flexibility index (Phi) is 8.46. The van der Waals surface area contributed by atoms with Crippen molar-refractivity contribution in [1.29, 1.82) is 0 Å². The summed E-state index contributed by atoms with van der Waals surface area (Å²) in [6.45, 7) is 5.68. The predicted octanol–water partition coefficient (Wildman–Crippen LogP) is 1.05. The number of alkyl halides is 3. The average Bonchev–Trinajstić information content (AvgIpc) is 2.13. The van der Waals surface area contributed by atoms with Gasteiger partial charge in [0, 0.05) is 0 Å². The lowest BCUT2D eigenvalue weighted by Crippen LogP contribution is -2.29. The van der Waals surface area contributed by atoms with Crippen LogP contribution in [0.5, 0.6) is 0 Å². The Morgan fingerprint density at radius 3 is 1.50 bits per heavy atom. The number of hydrogen-bond donors (Lipinski definition) is 2. The molecular weight excluding hydrogens is 231 g/mol. The third-order valence-corrected chi connectivity index (χ3v) is 1.50. The molecule has 0 rings (SSSR count). The predicted molar refractivity (Wildman–Crippen MR) is 49.1 cm³/mol. The van der Waals surface area contributed by atoms with Crippen molar-refractivity contribution in [3.63, 3.8) is 0 Å². The molecule has 0 aliphatic rings. The van der Waals surface area contributed by atoms with E-state index >= 15 is 0 Å². The molecule has 0 saturated carbocycles. The molecule has 0 atom stereocenters. The molecular formula is C8H14F3NO4. The Labute approximate surface area is 90.5 Å². The number of carbonyl (C=O) groups is 2. The third-order valence-electron chi connectivity index (χ3n) is 1.50. The van der Waals surface area contributed by atoms with Crippen molar-refractivity contribution in [3.8, 4) is 0 Å². The molecule has 0 unspecified atom stereocenters. The molecule has 0 bridgehead atoms. The minimum absolute atomic E-state index is 0.160. The number of aliphatic carboxylic acids is 2. The highest BCUT2D eigenvalue weighted by Crippen LogP contribution is 2.13. The van der Waals surface area contributed by atoms with Gasteiger partial charge in [0.05, 0.1) is 6.54 Å². The van der Waals surface area contributed by atoms with E-state index in [2.05, 4.69) is 0 Å². The fourth-order valence-corrected chi connectivity index (χ4v) is 0.639. The number of likely N-dealkylation sites (N-methyl/N-ethyl adjacent to an activating group) is 1. The summed E-state index contributed by atoms with van der Waals surface area (Å²) in [6, 6.07) is 0. The zero-order valence-electron chi connectivity index (χ0n) is 8.91. The molecule has 96 valence electrons. The molecule has 2 N–H and O–H groups in total. The molecule has 0 heterocycles. The molecule has 0 spiro atoms. The van der Waals surface area contributed by atoms with Gasteiger partial charge in [-0.15, -0.1) is 0 Å². The molecule has 16 heavy (non-hydrogen) atoms. The van der Waals surface area contributed by atoms with E-state index in [9.17, 15) is 18.0 Å². The Morgan fingerprint density at radius 1 is 1.12 bits per heavy atom. The van der Waals surface area contributed by atoms with Gasteiger partial charge in [0.2, 0.25) is 0 Å². The second-order valence-corrected chi connectivity index (χ2v) is 2.66. The first kappa shape index (κ1) is 17.1. The van der Waals surface area contributed by atoms with Crippen LogP contribution in [0.1, 0.15) is 13.8 Å². The Morgan fingerprint density at radius 2 is 1.44 bits per heavy atom. The summed E-state index contributed by atoms with van der Waals surface area (Å²) in [6.07, 6.45) is -5.08. The summed E-state index contributed by atoms with van der Waals surface area (Å²) >= 11 is 0. The summed E-state index contributed by atoms with van der Waals surface area (Å²) in [7, 11) is 0. The van der Waals surface area contributed by atoms with Crippen molar-refractivity contribution in [2.24, 2.45) is 0 Å². The van der Waals surface area contributed by atoms with Crippen LogP contribution >= 0.6 is 0 Å². The lowest BCUT2D eigenvalue weighted by atomic mass is 10.5. The quantitative estimate of drug-likeness (QED) is 0.773. The number of carboxylic acid groups (broad SMARTS) is 2. The fourth-order valence-electron chi connectivity index (χ4n) is 0.639. The second-order valence-electron chi connectivity index (χ2n) is 2.66. The third kappa shape index (κ3) is 10.8. The van der Waals surface area contributed by atoms with Gasteiger partial charge in [-0.05, 0) is 13.1 Å². The van der Waals surface area contributed by atoms with Crippen LogP contribution in [0, 0.1) is 0 Å². The molecule has 8 heteroatoms. The van der Waals surface area contributed by atoms with Crippen LogP contribution in [0.2, 0.25) is 0 Å². The van der Waals surface area contributed by atoms with Crippen molar-refractivity contribution in [3.05, 3.63) is 0 Å². The van der Waals surface area contributed by atoms with Gasteiger partial charge in [0.15, 0.2) is 0 Å². The zero-order chi connectivity index (χ0) is 13.4. The number of rotatable bonds is 4. The van der Waals surface area contributed by atoms with Gasteiger partial charge in [0.25, 0.3) is 0 Å². The summed E-state index contributed by atoms with van der Waals surface area (Å²) < 4.78 is 31.7. The highest BCUT2D eigenvalue weighted by atomic mass is 19.4. The normalized spacial score (nSPS) is 10.6. The Hall–Kier alpha value is -1.31. The zero-order valence-corrected chi connectivity index (χ0v) is 8.91. The van der Waals surface area contributed by atoms with E-state index in [0.29, 0.717) is 0 Å². The highest BCUT2D eigenvalue weighted by molar-refractivity contribution is 5.73. The first-order chi connectivity index (χ1) is 7.15. The number of hydrogen-bond acceptors (Lipinski definition) is 3. The maximum atomic E-state index is 10.6. The molecule has 5 nitrogen and oxygen atoms in total. The minimum atomic E-state index is -5.08. The first-order valence-corrected chi connectivity index (χ1v) is 4.39. The number of halogens is 3. The van der Waals surface area contributed by atoms with Crippen molar-refractivity contribution >= 4 is 11.9 Å². The first-order valence-electron chi connectivity index (χ1n) is 4.39. The van der Waals surface area contributed by atoms with Gasteiger partial charge in [-0.25, -0.2) is 4.79 Å². The molecule has 0 saturated heterocycles. The molecule has 0 amide bonds. The van der Waals surface area contributed by atoms with Gasteiger partial charge in [-0.2, -0.15) is 13.2 Å². The van der Waals surface area contributed by atoms with Crippen LogP contribution in [0.4, 0.5) is 13.2 Å². The molecule has 0 radical (unpaired) electrons. The molecule has 0 aromatic rings. The molecule has 0 fully saturated rings. The van der Waals surface area contributed by atoms with E-state index in [1.54, 1.807) is 0 Å². The summed E-state index contributed by atoms with van der Waals surface area (Å²) in [4.78, 5) is 20.8. The molecule has 0 aromatic heterocycles. The molecule has 0 aromatic carbocycles. The summed E-state index contributed by atoms with van der Waals surface area (Å²) in [5, 5.41) is 15.4. The molecule has 0 aliphatic heterocycles. The van der Waals surface area contributed by atoms with E-state index in [1.807, 2.05) is 18.7 Å². The largest absolute Gasteiger partial charge is 0.490 e. The van der Waals surface area contributed by atoms with E-state index in [1.165, 1.54) is 0 Å². The fraction of sp³-hybridized carbons (Fsp3) is 0.750. The van der Waals surface area contributed by atoms with Crippen LogP contribution in [0.25, 0.3) is 0 Å². The van der Waals surface area contributed by atoms with Crippen LogP contribution in [0.15, 0.2) is 0 Å². The van der Waals surface area contributed by atoms with E-state index < -0.39 is 18.1 Å². The Balaban J connectivity index is 0.